The van der Waals surface area contributed by atoms with Gasteiger partial charge in [0.2, 0.25) is 0 Å². The lowest BCUT2D eigenvalue weighted by Crippen LogP contribution is -2.11. The maximum Gasteiger partial charge on any atom is 0.435 e. The van der Waals surface area contributed by atoms with Crippen LogP contribution in [0.25, 0.3) is 0 Å². The smallest absolute Gasteiger partial charge is 0.368 e. The third-order valence-corrected chi connectivity index (χ3v) is 2.69. The summed E-state index contributed by atoms with van der Waals surface area (Å²) in [5.41, 5.74) is -0.0493. The highest BCUT2D eigenvalue weighted by molar-refractivity contribution is 6.29. The van der Waals surface area contributed by atoms with Gasteiger partial charge in [-0.25, -0.2) is 4.98 Å². The van der Waals surface area contributed by atoms with Crippen molar-refractivity contribution < 1.29 is 13.2 Å². The molecule has 2 aromatic heterocycles. The van der Waals surface area contributed by atoms with E-state index < -0.39 is 11.9 Å². The number of rotatable bonds is 4. The van der Waals surface area contributed by atoms with E-state index in [1.54, 1.807) is 12.3 Å². The summed E-state index contributed by atoms with van der Waals surface area (Å²) in [5, 5.41) is 9.89. The van der Waals surface area contributed by atoms with Gasteiger partial charge in [0.15, 0.2) is 5.69 Å². The average Bonchev–Trinajstić information content (AvgIpc) is 2.41. The second-order valence-electron chi connectivity index (χ2n) is 3.97. The summed E-state index contributed by atoms with van der Waals surface area (Å²) in [4.78, 5) is 3.93. The van der Waals surface area contributed by atoms with Crippen LogP contribution in [0, 0.1) is 0 Å². The van der Waals surface area contributed by atoms with Gasteiger partial charge >= 0.3 is 6.18 Å². The Morgan fingerprint density at radius 2 is 1.90 bits per heavy atom. The lowest BCUT2D eigenvalue weighted by Gasteiger charge is -2.07. The molecular formula is C12H10ClF3N4. The normalized spacial score (nSPS) is 11.4. The fourth-order valence-corrected chi connectivity index (χ4v) is 1.58. The van der Waals surface area contributed by atoms with Crippen molar-refractivity contribution >= 4 is 17.4 Å². The molecular weight excluding hydrogens is 293 g/mol. The second kappa shape index (κ2) is 6.04. The summed E-state index contributed by atoms with van der Waals surface area (Å²) < 4.78 is 36.9. The molecule has 20 heavy (non-hydrogen) atoms. The Labute approximate surface area is 118 Å². The van der Waals surface area contributed by atoms with Gasteiger partial charge in [0.1, 0.15) is 11.0 Å². The maximum absolute atomic E-state index is 12.3. The summed E-state index contributed by atoms with van der Waals surface area (Å²) in [6.45, 7) is 0.503. The Morgan fingerprint density at radius 3 is 2.45 bits per heavy atom. The minimum absolute atomic E-state index is 0.292. The number of pyridine rings is 1. The molecule has 2 rings (SSSR count). The highest BCUT2D eigenvalue weighted by atomic mass is 35.5. The minimum Gasteiger partial charge on any atom is -0.368 e. The van der Waals surface area contributed by atoms with Crippen LogP contribution in [0.5, 0.6) is 0 Å². The van der Waals surface area contributed by atoms with Gasteiger partial charge in [-0.05, 0) is 30.2 Å². The Hall–Kier alpha value is -1.89. The molecule has 0 spiro atoms. The molecule has 8 heteroatoms. The Bertz CT molecular complexity index is 554. The van der Waals surface area contributed by atoms with Crippen LogP contribution in [0.15, 0.2) is 30.5 Å². The predicted octanol–water partition coefficient (Wildman–Crippen LogP) is 3.20. The molecule has 2 heterocycles. The first-order valence-electron chi connectivity index (χ1n) is 5.70. The van der Waals surface area contributed by atoms with E-state index in [1.165, 1.54) is 6.07 Å². The molecule has 0 aromatic carbocycles. The van der Waals surface area contributed by atoms with Crippen LogP contribution in [0.1, 0.15) is 11.3 Å². The summed E-state index contributed by atoms with van der Waals surface area (Å²) in [6.07, 6.45) is -2.18. The summed E-state index contributed by atoms with van der Waals surface area (Å²) in [7, 11) is 0. The van der Waals surface area contributed by atoms with E-state index in [1.807, 2.05) is 6.07 Å². The van der Waals surface area contributed by atoms with E-state index >= 15 is 0 Å². The van der Waals surface area contributed by atoms with Crippen LogP contribution >= 0.6 is 11.6 Å². The van der Waals surface area contributed by atoms with Crippen molar-refractivity contribution in [2.45, 2.75) is 12.6 Å². The van der Waals surface area contributed by atoms with E-state index in [0.29, 0.717) is 23.9 Å². The van der Waals surface area contributed by atoms with Gasteiger partial charge in [-0.15, -0.1) is 10.2 Å². The SMILES string of the molecule is FC(F)(F)c1ccc(NCCc2ccc(Cl)nc2)nn1. The van der Waals surface area contributed by atoms with Gasteiger partial charge in [0.25, 0.3) is 0 Å². The van der Waals surface area contributed by atoms with Crippen molar-refractivity contribution in [3.05, 3.63) is 46.9 Å². The van der Waals surface area contributed by atoms with E-state index in [9.17, 15) is 13.2 Å². The highest BCUT2D eigenvalue weighted by Crippen LogP contribution is 2.26. The second-order valence-corrected chi connectivity index (χ2v) is 4.35. The quantitative estimate of drug-likeness (QED) is 0.881. The molecule has 106 valence electrons. The highest BCUT2D eigenvalue weighted by Gasteiger charge is 2.32. The third-order valence-electron chi connectivity index (χ3n) is 2.46. The molecule has 0 aliphatic carbocycles. The molecule has 0 bridgehead atoms. The van der Waals surface area contributed by atoms with E-state index in [2.05, 4.69) is 20.5 Å². The Balaban J connectivity index is 1.87. The molecule has 0 fully saturated rings. The standard InChI is InChI=1S/C12H10ClF3N4/c13-10-3-1-8(7-18-10)5-6-17-11-4-2-9(19-20-11)12(14,15)16/h1-4,7H,5-6H2,(H,17,20). The van der Waals surface area contributed by atoms with Gasteiger partial charge in [-0.3, -0.25) is 0 Å². The summed E-state index contributed by atoms with van der Waals surface area (Å²) >= 11 is 5.66. The zero-order valence-corrected chi connectivity index (χ0v) is 10.9. The van der Waals surface area contributed by atoms with Crippen LogP contribution in [0.4, 0.5) is 19.0 Å². The van der Waals surface area contributed by atoms with Crippen LogP contribution in [-0.4, -0.2) is 21.7 Å². The van der Waals surface area contributed by atoms with Gasteiger partial charge < -0.3 is 5.32 Å². The van der Waals surface area contributed by atoms with Crippen molar-refractivity contribution in [1.82, 2.24) is 15.2 Å². The van der Waals surface area contributed by atoms with Crippen LogP contribution in [0.3, 0.4) is 0 Å². The topological polar surface area (TPSA) is 50.7 Å². The molecule has 0 radical (unpaired) electrons. The number of anilines is 1. The van der Waals surface area contributed by atoms with Crippen molar-refractivity contribution in [3.63, 3.8) is 0 Å². The first kappa shape index (κ1) is 14.5. The molecule has 0 atom stereocenters. The van der Waals surface area contributed by atoms with Gasteiger partial charge in [0, 0.05) is 12.7 Å². The van der Waals surface area contributed by atoms with Gasteiger partial charge in [-0.1, -0.05) is 17.7 Å². The summed E-state index contributed by atoms with van der Waals surface area (Å²) in [6, 6.07) is 5.64. The molecule has 0 saturated heterocycles. The fraction of sp³-hybridized carbons (Fsp3) is 0.250. The molecule has 0 unspecified atom stereocenters. The monoisotopic (exact) mass is 302 g/mol. The van der Waals surface area contributed by atoms with Crippen molar-refractivity contribution in [1.29, 1.82) is 0 Å². The number of aromatic nitrogens is 3. The number of nitrogens with zero attached hydrogens (tertiary/aromatic N) is 3. The Morgan fingerprint density at radius 1 is 1.10 bits per heavy atom. The maximum atomic E-state index is 12.3. The van der Waals surface area contributed by atoms with Gasteiger partial charge in [-0.2, -0.15) is 13.2 Å². The zero-order valence-electron chi connectivity index (χ0n) is 10.2. The number of alkyl halides is 3. The summed E-state index contributed by atoms with van der Waals surface area (Å²) in [5.74, 6) is 0.292. The van der Waals surface area contributed by atoms with Crippen molar-refractivity contribution in [2.75, 3.05) is 11.9 Å². The first-order chi connectivity index (χ1) is 9.45. The molecule has 4 nitrogen and oxygen atoms in total. The number of hydrogen-bond donors (Lipinski definition) is 1. The number of halogens is 4. The van der Waals surface area contributed by atoms with E-state index in [-0.39, 0.29) is 0 Å². The lowest BCUT2D eigenvalue weighted by molar-refractivity contribution is -0.141. The average molecular weight is 303 g/mol. The number of hydrogen-bond acceptors (Lipinski definition) is 4. The van der Waals surface area contributed by atoms with E-state index in [0.717, 1.165) is 11.6 Å². The molecule has 0 aliphatic rings. The minimum atomic E-state index is -4.47. The van der Waals surface area contributed by atoms with Crippen molar-refractivity contribution in [2.24, 2.45) is 0 Å². The number of nitrogens with one attached hydrogen (secondary N) is 1. The molecule has 0 amide bonds. The fourth-order valence-electron chi connectivity index (χ4n) is 1.47. The molecule has 1 N–H and O–H groups in total. The Kier molecular flexibility index (Phi) is 4.39. The van der Waals surface area contributed by atoms with Crippen molar-refractivity contribution in [3.8, 4) is 0 Å². The third kappa shape index (κ3) is 4.06. The van der Waals surface area contributed by atoms with E-state index in [4.69, 9.17) is 11.6 Å². The lowest BCUT2D eigenvalue weighted by atomic mass is 10.2. The first-order valence-corrected chi connectivity index (χ1v) is 6.08. The van der Waals surface area contributed by atoms with Crippen LogP contribution < -0.4 is 5.32 Å². The predicted molar refractivity (Wildman–Crippen MR) is 68.5 cm³/mol. The molecule has 2 aromatic rings. The molecule has 0 saturated carbocycles. The van der Waals surface area contributed by atoms with Crippen LogP contribution in [-0.2, 0) is 12.6 Å². The van der Waals surface area contributed by atoms with Crippen LogP contribution in [0.2, 0.25) is 5.15 Å². The largest absolute Gasteiger partial charge is 0.435 e. The van der Waals surface area contributed by atoms with Gasteiger partial charge in [0.05, 0.1) is 0 Å². The zero-order chi connectivity index (χ0) is 14.6. The molecule has 0 aliphatic heterocycles.